The lowest BCUT2D eigenvalue weighted by Crippen LogP contribution is -2.49. The number of nitrogens with one attached hydrogen (secondary N) is 2. The molecule has 1 saturated heterocycles. The second kappa shape index (κ2) is 10.1. The van der Waals surface area contributed by atoms with Crippen LogP contribution >= 0.6 is 27.7 Å². The van der Waals surface area contributed by atoms with Crippen molar-refractivity contribution in [1.82, 2.24) is 14.9 Å². The minimum Gasteiger partial charge on any atom is -0.444 e. The van der Waals surface area contributed by atoms with Gasteiger partial charge < -0.3 is 25.3 Å². The number of nitrogens with zero attached hydrogens (tertiary/aromatic N) is 3. The van der Waals surface area contributed by atoms with Gasteiger partial charge in [-0.1, -0.05) is 30.0 Å². The van der Waals surface area contributed by atoms with E-state index in [1.165, 1.54) is 6.07 Å². The summed E-state index contributed by atoms with van der Waals surface area (Å²) in [6.45, 7) is 2.74. The molecular formula is C21H21BrN6O4S. The maximum absolute atomic E-state index is 12.6. The van der Waals surface area contributed by atoms with Crippen LogP contribution in [0.1, 0.15) is 10.6 Å². The highest BCUT2D eigenvalue weighted by Gasteiger charge is 2.22. The first-order valence-electron chi connectivity index (χ1n) is 10.1. The number of thioether (sulfide) groups is 1. The van der Waals surface area contributed by atoms with Crippen molar-refractivity contribution in [3.8, 4) is 0 Å². The Labute approximate surface area is 201 Å². The quantitative estimate of drug-likeness (QED) is 0.325. The summed E-state index contributed by atoms with van der Waals surface area (Å²) in [7, 11) is 0. The van der Waals surface area contributed by atoms with Crippen LogP contribution in [0.25, 0.3) is 0 Å². The Hall–Kier alpha value is -3.25. The van der Waals surface area contributed by atoms with Crippen LogP contribution in [-0.2, 0) is 4.79 Å². The summed E-state index contributed by atoms with van der Waals surface area (Å²) in [6.07, 6.45) is 0. The minimum atomic E-state index is -0.634. The molecule has 4 rings (SSSR count). The van der Waals surface area contributed by atoms with Crippen LogP contribution < -0.4 is 21.5 Å². The number of halogens is 1. The number of carbonyl (C=O) groups is 2. The van der Waals surface area contributed by atoms with Crippen LogP contribution in [0.3, 0.4) is 0 Å². The summed E-state index contributed by atoms with van der Waals surface area (Å²) in [4.78, 5) is 47.9. The van der Waals surface area contributed by atoms with E-state index < -0.39 is 11.5 Å². The summed E-state index contributed by atoms with van der Waals surface area (Å²) >= 11 is 4.19. The molecule has 12 heteroatoms. The molecule has 172 valence electrons. The summed E-state index contributed by atoms with van der Waals surface area (Å²) in [6, 6.07) is 13.1. The zero-order valence-electron chi connectivity index (χ0n) is 17.4. The van der Waals surface area contributed by atoms with Crippen molar-refractivity contribution in [3.05, 3.63) is 63.2 Å². The predicted molar refractivity (Wildman–Crippen MR) is 130 cm³/mol. The van der Waals surface area contributed by atoms with Gasteiger partial charge in [-0.15, -0.1) is 0 Å². The van der Waals surface area contributed by atoms with Crippen molar-refractivity contribution in [2.75, 3.05) is 47.9 Å². The molecule has 1 aliphatic heterocycles. The summed E-state index contributed by atoms with van der Waals surface area (Å²) in [5, 5.41) is 2.60. The fourth-order valence-corrected chi connectivity index (χ4v) is 4.42. The van der Waals surface area contributed by atoms with Gasteiger partial charge in [0.2, 0.25) is 5.91 Å². The van der Waals surface area contributed by atoms with Crippen molar-refractivity contribution >= 4 is 56.7 Å². The number of rotatable bonds is 6. The zero-order chi connectivity index (χ0) is 23.4. The number of aromatic amines is 1. The van der Waals surface area contributed by atoms with Crippen LogP contribution in [0.5, 0.6) is 0 Å². The highest BCUT2D eigenvalue weighted by Crippen LogP contribution is 2.20. The number of nitrogens with two attached hydrogens (primary N) is 1. The van der Waals surface area contributed by atoms with Crippen LogP contribution in [-0.4, -0.2) is 58.6 Å². The van der Waals surface area contributed by atoms with Crippen LogP contribution in [0.15, 0.2) is 61.5 Å². The van der Waals surface area contributed by atoms with Crippen molar-refractivity contribution < 1.29 is 14.0 Å². The van der Waals surface area contributed by atoms with E-state index in [9.17, 15) is 14.4 Å². The fourth-order valence-electron chi connectivity index (χ4n) is 3.34. The number of piperazine rings is 1. The maximum Gasteiger partial charge on any atom is 0.291 e. The van der Waals surface area contributed by atoms with Gasteiger partial charge in [-0.2, -0.15) is 0 Å². The van der Waals surface area contributed by atoms with Crippen molar-refractivity contribution in [1.29, 1.82) is 0 Å². The number of carbonyl (C=O) groups excluding carboxylic acids is 2. The number of hydrogen-bond donors (Lipinski definition) is 3. The first-order valence-corrected chi connectivity index (χ1v) is 11.9. The first kappa shape index (κ1) is 22.9. The van der Waals surface area contributed by atoms with E-state index in [-0.39, 0.29) is 34.1 Å². The maximum atomic E-state index is 12.6. The van der Waals surface area contributed by atoms with E-state index in [0.29, 0.717) is 17.8 Å². The average Bonchev–Trinajstić information content (AvgIpc) is 3.27. The molecule has 0 unspecified atom stereocenters. The van der Waals surface area contributed by atoms with E-state index in [4.69, 9.17) is 10.2 Å². The number of hydrogen-bond acceptors (Lipinski definition) is 8. The third-order valence-corrected chi connectivity index (χ3v) is 6.33. The molecule has 2 aromatic heterocycles. The van der Waals surface area contributed by atoms with Gasteiger partial charge in [0.15, 0.2) is 27.1 Å². The Morgan fingerprint density at radius 2 is 1.88 bits per heavy atom. The van der Waals surface area contributed by atoms with Gasteiger partial charge in [0.25, 0.3) is 11.5 Å². The first-order chi connectivity index (χ1) is 15.9. The molecule has 0 spiro atoms. The van der Waals surface area contributed by atoms with Crippen LogP contribution in [0.4, 0.5) is 17.2 Å². The lowest BCUT2D eigenvalue weighted by molar-refractivity contribution is -0.128. The topological polar surface area (TPSA) is 138 Å². The van der Waals surface area contributed by atoms with Gasteiger partial charge in [-0.3, -0.25) is 19.4 Å². The second-order valence-electron chi connectivity index (χ2n) is 7.18. The molecule has 33 heavy (non-hydrogen) atoms. The number of furan rings is 1. The van der Waals surface area contributed by atoms with Gasteiger partial charge in [0.05, 0.1) is 5.75 Å². The number of para-hydroxylation sites is 1. The van der Waals surface area contributed by atoms with Crippen LogP contribution in [0.2, 0.25) is 0 Å². The smallest absolute Gasteiger partial charge is 0.291 e. The molecule has 0 radical (unpaired) electrons. The fraction of sp³-hybridized carbons (Fsp3) is 0.238. The number of amides is 2. The van der Waals surface area contributed by atoms with E-state index in [1.807, 2.05) is 18.2 Å². The molecule has 1 fully saturated rings. The molecule has 0 atom stereocenters. The highest BCUT2D eigenvalue weighted by molar-refractivity contribution is 9.10. The Bertz CT molecular complexity index is 1210. The molecule has 4 N–H and O–H groups in total. The molecule has 2 amide bonds. The standard InChI is InChI=1S/C21H21BrN6O4S/c22-15-7-6-14(32-15)19(30)24-17-18(23)25-21(26-20(17)31)33-12-16(29)28-10-8-27(9-11-28)13-4-2-1-3-5-13/h1-7H,8-12H2,(H,24,30)(H3,23,25,26,31). The average molecular weight is 533 g/mol. The monoisotopic (exact) mass is 532 g/mol. The number of benzene rings is 1. The highest BCUT2D eigenvalue weighted by atomic mass is 79.9. The van der Waals surface area contributed by atoms with E-state index in [1.54, 1.807) is 11.0 Å². The third kappa shape index (κ3) is 5.57. The normalized spacial score (nSPS) is 13.7. The Kier molecular flexibility index (Phi) is 7.04. The number of anilines is 3. The van der Waals surface area contributed by atoms with Crippen LogP contribution in [0, 0.1) is 0 Å². The Morgan fingerprint density at radius 1 is 1.15 bits per heavy atom. The van der Waals surface area contributed by atoms with Crippen molar-refractivity contribution in [2.45, 2.75) is 5.16 Å². The molecule has 3 heterocycles. The van der Waals surface area contributed by atoms with E-state index in [0.717, 1.165) is 30.5 Å². The molecule has 0 aliphatic carbocycles. The Balaban J connectivity index is 1.32. The van der Waals surface area contributed by atoms with Gasteiger partial charge in [0.1, 0.15) is 0 Å². The summed E-state index contributed by atoms with van der Waals surface area (Å²) in [5.41, 5.74) is 6.22. The van der Waals surface area contributed by atoms with E-state index in [2.05, 4.69) is 48.2 Å². The third-order valence-electron chi connectivity index (χ3n) is 5.05. The lowest BCUT2D eigenvalue weighted by atomic mass is 10.2. The Morgan fingerprint density at radius 3 is 2.52 bits per heavy atom. The SMILES string of the molecule is Nc1nc(SCC(=O)N2CCN(c3ccccc3)CC2)[nH]c(=O)c1NC(=O)c1ccc(Br)o1. The van der Waals surface area contributed by atoms with E-state index >= 15 is 0 Å². The summed E-state index contributed by atoms with van der Waals surface area (Å²) in [5.74, 6) is -0.708. The molecule has 0 bridgehead atoms. The lowest BCUT2D eigenvalue weighted by Gasteiger charge is -2.36. The molecule has 1 aliphatic rings. The molecule has 10 nitrogen and oxygen atoms in total. The zero-order valence-corrected chi connectivity index (χ0v) is 19.8. The second-order valence-corrected chi connectivity index (χ2v) is 8.93. The van der Waals surface area contributed by atoms with Crippen molar-refractivity contribution in [3.63, 3.8) is 0 Å². The number of aromatic nitrogens is 2. The number of H-pyrrole nitrogens is 1. The number of nitrogen functional groups attached to an aromatic ring is 1. The molecule has 1 aromatic carbocycles. The molecule has 0 saturated carbocycles. The van der Waals surface area contributed by atoms with Gasteiger partial charge in [-0.25, -0.2) is 4.98 Å². The predicted octanol–water partition coefficient (Wildman–Crippen LogP) is 2.40. The molecular weight excluding hydrogens is 512 g/mol. The van der Waals surface area contributed by atoms with Gasteiger partial charge >= 0.3 is 0 Å². The molecule has 3 aromatic rings. The summed E-state index contributed by atoms with van der Waals surface area (Å²) < 4.78 is 5.54. The van der Waals surface area contributed by atoms with Gasteiger partial charge in [-0.05, 0) is 40.2 Å². The van der Waals surface area contributed by atoms with Crippen molar-refractivity contribution in [2.24, 2.45) is 0 Å². The van der Waals surface area contributed by atoms with Gasteiger partial charge in [0, 0.05) is 31.9 Å². The minimum absolute atomic E-state index is 0.0112. The largest absolute Gasteiger partial charge is 0.444 e.